The van der Waals surface area contributed by atoms with Gasteiger partial charge in [0.25, 0.3) is 5.56 Å². The Hall–Kier alpha value is -2.66. The molecule has 0 aliphatic heterocycles. The van der Waals surface area contributed by atoms with Crippen molar-refractivity contribution in [1.82, 2.24) is 9.55 Å². The van der Waals surface area contributed by atoms with Crippen molar-refractivity contribution in [1.29, 1.82) is 0 Å². The normalized spacial score (nSPS) is 11.3. The maximum absolute atomic E-state index is 12.8. The van der Waals surface area contributed by atoms with E-state index in [2.05, 4.69) is 24.0 Å². The predicted octanol–water partition coefficient (Wildman–Crippen LogP) is 4.56. The van der Waals surface area contributed by atoms with Crippen LogP contribution in [-0.2, 0) is 13.0 Å². The average molecular weight is 364 g/mol. The number of aromatic nitrogens is 2. The summed E-state index contributed by atoms with van der Waals surface area (Å²) in [6, 6.07) is 16.1. The van der Waals surface area contributed by atoms with Crippen LogP contribution in [0.3, 0.4) is 0 Å². The quantitative estimate of drug-likeness (QED) is 0.521. The average Bonchev–Trinajstić information content (AvgIpc) is 3.08. The highest BCUT2D eigenvalue weighted by Gasteiger charge is 2.11. The smallest absolute Gasteiger partial charge is 0.262 e. The van der Waals surface area contributed by atoms with Crippen molar-refractivity contribution < 1.29 is 4.74 Å². The molecule has 132 valence electrons. The largest absolute Gasteiger partial charge is 0.491 e. The molecule has 0 N–H and O–H groups in total. The van der Waals surface area contributed by atoms with E-state index in [1.807, 2.05) is 43.3 Å². The summed E-state index contributed by atoms with van der Waals surface area (Å²) in [4.78, 5) is 19.4. The lowest BCUT2D eigenvalue weighted by molar-refractivity contribution is 0.298. The molecule has 4 nitrogen and oxygen atoms in total. The van der Waals surface area contributed by atoms with E-state index >= 15 is 0 Å². The monoisotopic (exact) mass is 364 g/mol. The zero-order valence-corrected chi connectivity index (χ0v) is 15.7. The van der Waals surface area contributed by atoms with E-state index in [0.29, 0.717) is 18.5 Å². The zero-order chi connectivity index (χ0) is 18.1. The molecular formula is C21H20N2O2S. The van der Waals surface area contributed by atoms with Crippen LogP contribution < -0.4 is 10.3 Å². The number of aryl methyl sites for hydroxylation is 2. The van der Waals surface area contributed by atoms with Gasteiger partial charge in [0.05, 0.1) is 11.9 Å². The summed E-state index contributed by atoms with van der Waals surface area (Å²) in [5, 5.41) is 2.94. The highest BCUT2D eigenvalue weighted by atomic mass is 32.1. The molecule has 4 rings (SSSR count). The van der Waals surface area contributed by atoms with Crippen LogP contribution in [0.2, 0.25) is 0 Å². The minimum atomic E-state index is 0.0185. The Kier molecular flexibility index (Phi) is 4.47. The molecule has 0 fully saturated rings. The lowest BCUT2D eigenvalue weighted by Gasteiger charge is -2.12. The van der Waals surface area contributed by atoms with Gasteiger partial charge >= 0.3 is 0 Å². The fourth-order valence-electron chi connectivity index (χ4n) is 3.17. The van der Waals surface area contributed by atoms with E-state index in [0.717, 1.165) is 33.6 Å². The number of ether oxygens (including phenoxy) is 1. The molecule has 0 saturated carbocycles. The Morgan fingerprint density at radius 3 is 2.77 bits per heavy atom. The van der Waals surface area contributed by atoms with Crippen molar-refractivity contribution in [3.63, 3.8) is 0 Å². The summed E-state index contributed by atoms with van der Waals surface area (Å²) in [6.45, 7) is 4.87. The molecule has 0 unspecified atom stereocenters. The zero-order valence-electron chi connectivity index (χ0n) is 14.9. The maximum atomic E-state index is 12.8. The SMILES string of the molecule is CCc1cc2c(=O)n(CCOc3cccc4ccccc34)c(C)nc2s1. The van der Waals surface area contributed by atoms with Gasteiger partial charge in [0.15, 0.2) is 0 Å². The lowest BCUT2D eigenvalue weighted by atomic mass is 10.1. The topological polar surface area (TPSA) is 44.1 Å². The lowest BCUT2D eigenvalue weighted by Crippen LogP contribution is -2.26. The minimum Gasteiger partial charge on any atom is -0.491 e. The molecule has 26 heavy (non-hydrogen) atoms. The fraction of sp³-hybridized carbons (Fsp3) is 0.238. The van der Waals surface area contributed by atoms with Crippen LogP contribution in [0.25, 0.3) is 21.0 Å². The van der Waals surface area contributed by atoms with Crippen LogP contribution in [0.15, 0.2) is 53.3 Å². The maximum Gasteiger partial charge on any atom is 0.262 e. The van der Waals surface area contributed by atoms with Crippen molar-refractivity contribution in [2.24, 2.45) is 0 Å². The number of fused-ring (bicyclic) bond motifs is 2. The van der Waals surface area contributed by atoms with Gasteiger partial charge < -0.3 is 4.74 Å². The molecule has 0 radical (unpaired) electrons. The van der Waals surface area contributed by atoms with Gasteiger partial charge in [-0.2, -0.15) is 0 Å². The summed E-state index contributed by atoms with van der Waals surface area (Å²) in [5.74, 6) is 1.57. The van der Waals surface area contributed by atoms with Gasteiger partial charge in [0.1, 0.15) is 23.0 Å². The first-order valence-corrected chi connectivity index (χ1v) is 9.59. The second-order valence-electron chi connectivity index (χ2n) is 6.23. The van der Waals surface area contributed by atoms with Gasteiger partial charge in [-0.1, -0.05) is 43.3 Å². The molecule has 0 aliphatic rings. The highest BCUT2D eigenvalue weighted by Crippen LogP contribution is 2.25. The van der Waals surface area contributed by atoms with Crippen molar-refractivity contribution in [2.75, 3.05) is 6.61 Å². The van der Waals surface area contributed by atoms with Gasteiger partial charge in [0.2, 0.25) is 0 Å². The number of hydrogen-bond acceptors (Lipinski definition) is 4. The van der Waals surface area contributed by atoms with Crippen LogP contribution in [0.1, 0.15) is 17.6 Å². The molecule has 0 saturated heterocycles. The molecule has 0 bridgehead atoms. The molecule has 2 aromatic heterocycles. The van der Waals surface area contributed by atoms with Gasteiger partial charge in [-0.15, -0.1) is 11.3 Å². The Bertz CT molecular complexity index is 1140. The van der Waals surface area contributed by atoms with Gasteiger partial charge in [-0.3, -0.25) is 9.36 Å². The molecular weight excluding hydrogens is 344 g/mol. The second kappa shape index (κ2) is 6.92. The van der Waals surface area contributed by atoms with Gasteiger partial charge in [0, 0.05) is 10.3 Å². The molecule has 5 heteroatoms. The van der Waals surface area contributed by atoms with Crippen molar-refractivity contribution in [3.8, 4) is 5.75 Å². The van der Waals surface area contributed by atoms with Crippen LogP contribution in [-0.4, -0.2) is 16.2 Å². The Balaban J connectivity index is 1.59. The molecule has 0 aliphatic carbocycles. The molecule has 2 aromatic carbocycles. The standard InChI is InChI=1S/C21H20N2O2S/c1-3-16-13-18-20(26-16)22-14(2)23(21(18)24)11-12-25-19-10-6-8-15-7-4-5-9-17(15)19/h4-10,13H,3,11-12H2,1-2H3. The number of hydrogen-bond donors (Lipinski definition) is 0. The number of thiophene rings is 1. The second-order valence-corrected chi connectivity index (χ2v) is 7.34. The first-order chi connectivity index (χ1) is 12.7. The van der Waals surface area contributed by atoms with Crippen molar-refractivity contribution >= 4 is 32.3 Å². The highest BCUT2D eigenvalue weighted by molar-refractivity contribution is 7.18. The number of nitrogens with zero attached hydrogens (tertiary/aromatic N) is 2. The molecule has 0 atom stereocenters. The summed E-state index contributed by atoms with van der Waals surface area (Å²) >= 11 is 1.60. The van der Waals surface area contributed by atoms with Gasteiger partial charge in [-0.05, 0) is 30.9 Å². The van der Waals surface area contributed by atoms with Gasteiger partial charge in [-0.25, -0.2) is 4.98 Å². The fourth-order valence-corrected chi connectivity index (χ4v) is 4.18. The third-order valence-corrected chi connectivity index (χ3v) is 5.74. The summed E-state index contributed by atoms with van der Waals surface area (Å²) in [6.07, 6.45) is 0.920. The summed E-state index contributed by atoms with van der Waals surface area (Å²) in [5.41, 5.74) is 0.0185. The van der Waals surface area contributed by atoms with Crippen LogP contribution in [0.5, 0.6) is 5.75 Å². The van der Waals surface area contributed by atoms with Crippen molar-refractivity contribution in [3.05, 3.63) is 69.6 Å². The van der Waals surface area contributed by atoms with E-state index in [9.17, 15) is 4.79 Å². The summed E-state index contributed by atoms with van der Waals surface area (Å²) in [7, 11) is 0. The molecule has 0 spiro atoms. The third kappa shape index (κ3) is 2.99. The third-order valence-electron chi connectivity index (χ3n) is 4.56. The molecule has 4 aromatic rings. The summed E-state index contributed by atoms with van der Waals surface area (Å²) < 4.78 is 7.69. The Labute approximate surface area is 155 Å². The van der Waals surface area contributed by atoms with Crippen LogP contribution in [0.4, 0.5) is 0 Å². The van der Waals surface area contributed by atoms with E-state index in [4.69, 9.17) is 4.74 Å². The van der Waals surface area contributed by atoms with E-state index in [1.54, 1.807) is 15.9 Å². The molecule has 0 amide bonds. The Morgan fingerprint density at radius 2 is 1.92 bits per heavy atom. The number of rotatable bonds is 5. The minimum absolute atomic E-state index is 0.0185. The van der Waals surface area contributed by atoms with E-state index in [1.165, 1.54) is 4.88 Å². The first kappa shape index (κ1) is 16.8. The van der Waals surface area contributed by atoms with E-state index in [-0.39, 0.29) is 5.56 Å². The van der Waals surface area contributed by atoms with Crippen LogP contribution >= 0.6 is 11.3 Å². The molecule has 2 heterocycles. The van der Waals surface area contributed by atoms with Crippen LogP contribution in [0, 0.1) is 6.92 Å². The van der Waals surface area contributed by atoms with E-state index < -0.39 is 0 Å². The Morgan fingerprint density at radius 1 is 1.12 bits per heavy atom. The first-order valence-electron chi connectivity index (χ1n) is 8.78. The van der Waals surface area contributed by atoms with Crippen molar-refractivity contribution in [2.45, 2.75) is 26.8 Å². The number of benzene rings is 2. The predicted molar refractivity (Wildman–Crippen MR) is 107 cm³/mol.